The highest BCUT2D eigenvalue weighted by atomic mass is 15.0. The molecule has 0 atom stereocenters. The Bertz CT molecular complexity index is 1250. The molecular weight excluding hydrogens is 280 g/mol. The zero-order valence-electron chi connectivity index (χ0n) is 12.3. The van der Waals surface area contributed by atoms with Crippen LogP contribution in [0.25, 0.3) is 49.0 Å². The third-order valence-electron chi connectivity index (χ3n) is 4.92. The second kappa shape index (κ2) is 3.79. The third kappa shape index (κ3) is 1.32. The number of fused-ring (bicyclic) bond motifs is 4. The summed E-state index contributed by atoms with van der Waals surface area (Å²) in [6, 6.07) is 24.0. The van der Waals surface area contributed by atoms with E-state index >= 15 is 0 Å². The maximum absolute atomic E-state index is 4.70. The summed E-state index contributed by atoms with van der Waals surface area (Å²) in [4.78, 5) is 4.70. The predicted molar refractivity (Wildman–Crippen MR) is 96.4 cm³/mol. The average Bonchev–Trinajstić information content (AvgIpc) is 2.99. The van der Waals surface area contributed by atoms with Gasteiger partial charge in [-0.25, -0.2) is 4.98 Å². The van der Waals surface area contributed by atoms with Crippen molar-refractivity contribution in [3.8, 4) is 0 Å². The Balaban J connectivity index is 2.06. The van der Waals surface area contributed by atoms with Gasteiger partial charge in [-0.2, -0.15) is 0 Å². The molecule has 0 amide bonds. The van der Waals surface area contributed by atoms with Gasteiger partial charge in [0.1, 0.15) is 5.65 Å². The van der Waals surface area contributed by atoms with Gasteiger partial charge in [0.25, 0.3) is 0 Å². The Morgan fingerprint density at radius 2 is 1.43 bits per heavy atom. The SMILES string of the molecule is c1ccc2cc3c(cc2c1)c1cccc2cc4ccnc3n4c21. The van der Waals surface area contributed by atoms with E-state index in [0.29, 0.717) is 0 Å². The Morgan fingerprint density at radius 1 is 0.652 bits per heavy atom. The van der Waals surface area contributed by atoms with Crippen molar-refractivity contribution < 1.29 is 0 Å². The molecule has 0 aliphatic carbocycles. The number of pyridine rings is 1. The monoisotopic (exact) mass is 292 g/mol. The summed E-state index contributed by atoms with van der Waals surface area (Å²) in [5, 5.41) is 7.59. The van der Waals surface area contributed by atoms with Crippen molar-refractivity contribution in [2.45, 2.75) is 0 Å². The molecule has 23 heavy (non-hydrogen) atoms. The van der Waals surface area contributed by atoms with Crippen LogP contribution in [0.5, 0.6) is 0 Å². The summed E-state index contributed by atoms with van der Waals surface area (Å²) in [5.41, 5.74) is 3.52. The van der Waals surface area contributed by atoms with Gasteiger partial charge in [-0.3, -0.25) is 4.40 Å². The first-order valence-corrected chi connectivity index (χ1v) is 7.83. The van der Waals surface area contributed by atoms with Crippen LogP contribution in [0, 0.1) is 0 Å². The largest absolute Gasteiger partial charge is 0.293 e. The summed E-state index contributed by atoms with van der Waals surface area (Å²) in [7, 11) is 0. The highest BCUT2D eigenvalue weighted by Gasteiger charge is 2.14. The number of hydrogen-bond acceptors (Lipinski definition) is 1. The molecular formula is C21H12N2. The molecule has 0 spiro atoms. The van der Waals surface area contributed by atoms with Crippen LogP contribution in [0.4, 0.5) is 0 Å². The molecule has 2 heteroatoms. The van der Waals surface area contributed by atoms with E-state index in [0.717, 1.165) is 5.65 Å². The summed E-state index contributed by atoms with van der Waals surface area (Å²) in [6.45, 7) is 0. The van der Waals surface area contributed by atoms with Crippen molar-refractivity contribution >= 4 is 49.0 Å². The van der Waals surface area contributed by atoms with Crippen LogP contribution in [0.15, 0.2) is 72.9 Å². The van der Waals surface area contributed by atoms with Crippen molar-refractivity contribution in [1.29, 1.82) is 0 Å². The fourth-order valence-corrected chi connectivity index (χ4v) is 3.93. The van der Waals surface area contributed by atoms with Crippen LogP contribution < -0.4 is 0 Å². The average molecular weight is 292 g/mol. The van der Waals surface area contributed by atoms with Crippen molar-refractivity contribution in [1.82, 2.24) is 9.38 Å². The standard InChI is InChI=1S/C21H12N2/c1-2-5-14-12-19-18(11-13(14)4-1)17-7-3-6-15-10-16-8-9-22-21(19)23(16)20(15)17/h1-12H. The maximum atomic E-state index is 4.70. The molecule has 0 radical (unpaired) electrons. The van der Waals surface area contributed by atoms with Gasteiger partial charge in [0.05, 0.1) is 5.52 Å². The third-order valence-corrected chi connectivity index (χ3v) is 4.92. The van der Waals surface area contributed by atoms with E-state index in [4.69, 9.17) is 4.98 Å². The summed E-state index contributed by atoms with van der Waals surface area (Å²) >= 11 is 0. The molecule has 0 fully saturated rings. The van der Waals surface area contributed by atoms with E-state index in [-0.39, 0.29) is 0 Å². The van der Waals surface area contributed by atoms with Gasteiger partial charge in [-0.05, 0) is 40.4 Å². The van der Waals surface area contributed by atoms with E-state index in [1.165, 1.54) is 43.4 Å². The zero-order chi connectivity index (χ0) is 15.0. The maximum Gasteiger partial charge on any atom is 0.145 e. The lowest BCUT2D eigenvalue weighted by molar-refractivity contribution is 1.23. The molecule has 0 bridgehead atoms. The number of para-hydroxylation sites is 1. The molecule has 2 nitrogen and oxygen atoms in total. The predicted octanol–water partition coefficient (Wildman–Crippen LogP) is 5.38. The number of benzene rings is 3. The first-order valence-electron chi connectivity index (χ1n) is 7.83. The number of aromatic nitrogens is 2. The van der Waals surface area contributed by atoms with Crippen LogP contribution in [0.2, 0.25) is 0 Å². The van der Waals surface area contributed by atoms with Gasteiger partial charge >= 0.3 is 0 Å². The van der Waals surface area contributed by atoms with Gasteiger partial charge in [0.2, 0.25) is 0 Å². The lowest BCUT2D eigenvalue weighted by Gasteiger charge is -2.11. The molecule has 3 aromatic heterocycles. The fourth-order valence-electron chi connectivity index (χ4n) is 3.93. The molecule has 0 aliphatic heterocycles. The molecule has 6 rings (SSSR count). The van der Waals surface area contributed by atoms with Crippen molar-refractivity contribution in [2.24, 2.45) is 0 Å². The van der Waals surface area contributed by atoms with Crippen molar-refractivity contribution in [3.63, 3.8) is 0 Å². The summed E-state index contributed by atoms with van der Waals surface area (Å²) in [5.74, 6) is 0. The van der Waals surface area contributed by atoms with Gasteiger partial charge in [0.15, 0.2) is 0 Å². The zero-order valence-corrected chi connectivity index (χ0v) is 12.3. The van der Waals surface area contributed by atoms with Gasteiger partial charge in [-0.1, -0.05) is 42.5 Å². The van der Waals surface area contributed by atoms with Crippen molar-refractivity contribution in [2.75, 3.05) is 0 Å². The molecule has 0 saturated heterocycles. The van der Waals surface area contributed by atoms with Gasteiger partial charge in [0, 0.05) is 27.9 Å². The minimum absolute atomic E-state index is 1.04. The first kappa shape index (κ1) is 11.4. The molecule has 0 N–H and O–H groups in total. The smallest absolute Gasteiger partial charge is 0.145 e. The second-order valence-corrected chi connectivity index (χ2v) is 6.16. The highest BCUT2D eigenvalue weighted by Crippen LogP contribution is 2.36. The van der Waals surface area contributed by atoms with E-state index in [2.05, 4.69) is 71.1 Å². The quantitative estimate of drug-likeness (QED) is 0.271. The van der Waals surface area contributed by atoms with Crippen LogP contribution >= 0.6 is 0 Å². The Morgan fingerprint density at radius 3 is 2.30 bits per heavy atom. The molecule has 106 valence electrons. The van der Waals surface area contributed by atoms with Crippen LogP contribution in [-0.4, -0.2) is 9.38 Å². The Labute approximate surface area is 131 Å². The summed E-state index contributed by atoms with van der Waals surface area (Å²) in [6.07, 6.45) is 1.91. The molecule has 0 saturated carbocycles. The van der Waals surface area contributed by atoms with Crippen molar-refractivity contribution in [3.05, 3.63) is 72.9 Å². The Kier molecular flexibility index (Phi) is 1.89. The molecule has 0 unspecified atom stereocenters. The second-order valence-electron chi connectivity index (χ2n) is 6.16. The molecule has 0 aliphatic rings. The van der Waals surface area contributed by atoms with E-state index in [1.807, 2.05) is 6.20 Å². The first-order chi connectivity index (χ1) is 11.4. The Hall–Kier alpha value is -3.13. The van der Waals surface area contributed by atoms with Gasteiger partial charge in [-0.15, -0.1) is 0 Å². The van der Waals surface area contributed by atoms with E-state index in [9.17, 15) is 0 Å². The minimum atomic E-state index is 1.04. The molecule has 3 aromatic carbocycles. The van der Waals surface area contributed by atoms with Crippen LogP contribution in [-0.2, 0) is 0 Å². The lowest BCUT2D eigenvalue weighted by Crippen LogP contribution is -1.94. The van der Waals surface area contributed by atoms with E-state index < -0.39 is 0 Å². The highest BCUT2D eigenvalue weighted by molar-refractivity contribution is 6.20. The normalized spacial score (nSPS) is 12.3. The van der Waals surface area contributed by atoms with Gasteiger partial charge < -0.3 is 0 Å². The summed E-state index contributed by atoms with van der Waals surface area (Å²) < 4.78 is 2.29. The fraction of sp³-hybridized carbons (Fsp3) is 0. The lowest BCUT2D eigenvalue weighted by atomic mass is 10.0. The number of rotatable bonds is 0. The number of nitrogens with zero attached hydrogens (tertiary/aromatic N) is 2. The number of hydrogen-bond donors (Lipinski definition) is 0. The van der Waals surface area contributed by atoms with Crippen LogP contribution in [0.1, 0.15) is 0 Å². The topological polar surface area (TPSA) is 17.3 Å². The minimum Gasteiger partial charge on any atom is -0.293 e. The van der Waals surface area contributed by atoms with E-state index in [1.54, 1.807) is 0 Å². The molecule has 6 aromatic rings. The molecule has 3 heterocycles. The van der Waals surface area contributed by atoms with Crippen LogP contribution in [0.3, 0.4) is 0 Å².